The molecule has 1 amide bonds. The van der Waals surface area contributed by atoms with Crippen molar-refractivity contribution in [1.82, 2.24) is 15.1 Å². The van der Waals surface area contributed by atoms with E-state index in [4.69, 9.17) is 21.4 Å². The molecule has 0 unspecified atom stereocenters. The average Bonchev–Trinajstić information content (AvgIpc) is 3.45. The SMILES string of the molecule is CCOc1ccc(N=C2NC(=O)S/C2=C\c2cn(-c3ccccc3)nc2-c2ccc(Cl)cc2)cc1. The number of benzene rings is 3. The fraction of sp³-hybridized carbons (Fsp3) is 0.0741. The molecule has 0 radical (unpaired) electrons. The zero-order valence-electron chi connectivity index (χ0n) is 18.8. The lowest BCUT2D eigenvalue weighted by molar-refractivity contribution is 0.265. The van der Waals surface area contributed by atoms with E-state index in [0.29, 0.717) is 22.4 Å². The maximum absolute atomic E-state index is 12.3. The van der Waals surface area contributed by atoms with Crippen LogP contribution in [0.3, 0.4) is 0 Å². The highest BCUT2D eigenvalue weighted by atomic mass is 35.5. The molecule has 1 aliphatic rings. The van der Waals surface area contributed by atoms with E-state index >= 15 is 0 Å². The third-order valence-corrected chi connectivity index (χ3v) is 6.28. The standard InChI is InChI=1S/C27H21ClN4O2S/c1-2-34-23-14-12-21(13-15-23)29-26-24(35-27(33)30-26)16-19-17-32(22-6-4-3-5-7-22)31-25(19)18-8-10-20(28)11-9-18/h3-17H,2H2,1H3,(H,29,30,33)/b24-16-. The predicted molar refractivity (Wildman–Crippen MR) is 143 cm³/mol. The normalized spacial score (nSPS) is 15.5. The van der Waals surface area contributed by atoms with Crippen LogP contribution in [0.5, 0.6) is 5.75 Å². The molecule has 1 N–H and O–H groups in total. The molecule has 2 heterocycles. The summed E-state index contributed by atoms with van der Waals surface area (Å²) >= 11 is 7.21. The number of thioether (sulfide) groups is 1. The number of carbonyl (C=O) groups excluding carboxylic acids is 1. The third-order valence-electron chi connectivity index (χ3n) is 5.21. The fourth-order valence-corrected chi connectivity index (χ4v) is 4.46. The average molecular weight is 501 g/mol. The van der Waals surface area contributed by atoms with Crippen LogP contribution in [0.2, 0.25) is 5.02 Å². The molecule has 0 bridgehead atoms. The topological polar surface area (TPSA) is 68.5 Å². The van der Waals surface area contributed by atoms with E-state index in [0.717, 1.165) is 45.7 Å². The lowest BCUT2D eigenvalue weighted by Crippen LogP contribution is -2.18. The zero-order chi connectivity index (χ0) is 24.2. The van der Waals surface area contributed by atoms with Crippen LogP contribution in [-0.2, 0) is 0 Å². The molecule has 1 aliphatic heterocycles. The van der Waals surface area contributed by atoms with E-state index < -0.39 is 0 Å². The van der Waals surface area contributed by atoms with Crippen molar-refractivity contribution in [2.24, 2.45) is 4.99 Å². The molecule has 35 heavy (non-hydrogen) atoms. The van der Waals surface area contributed by atoms with Gasteiger partial charge in [-0.3, -0.25) is 4.79 Å². The van der Waals surface area contributed by atoms with Gasteiger partial charge in [-0.15, -0.1) is 0 Å². The molecule has 174 valence electrons. The van der Waals surface area contributed by atoms with Crippen molar-refractivity contribution >= 4 is 46.2 Å². The van der Waals surface area contributed by atoms with Crippen LogP contribution < -0.4 is 10.1 Å². The maximum atomic E-state index is 12.3. The van der Waals surface area contributed by atoms with Gasteiger partial charge in [0.15, 0.2) is 0 Å². The second-order valence-corrected chi connectivity index (χ2v) is 9.08. The van der Waals surface area contributed by atoms with Gasteiger partial charge in [-0.25, -0.2) is 9.67 Å². The monoisotopic (exact) mass is 500 g/mol. The number of hydrogen-bond acceptors (Lipinski definition) is 5. The van der Waals surface area contributed by atoms with Crippen molar-refractivity contribution in [3.05, 3.63) is 101 Å². The molecule has 0 saturated carbocycles. The Balaban J connectivity index is 1.56. The van der Waals surface area contributed by atoms with E-state index in [1.54, 1.807) is 0 Å². The van der Waals surface area contributed by atoms with Crippen molar-refractivity contribution in [3.8, 4) is 22.7 Å². The van der Waals surface area contributed by atoms with Crippen LogP contribution in [0.1, 0.15) is 12.5 Å². The van der Waals surface area contributed by atoms with E-state index in [1.807, 2.05) is 103 Å². The van der Waals surface area contributed by atoms with Gasteiger partial charge in [0.2, 0.25) is 0 Å². The molecule has 0 spiro atoms. The Morgan fingerprint density at radius 3 is 2.51 bits per heavy atom. The van der Waals surface area contributed by atoms with Gasteiger partial charge in [-0.2, -0.15) is 5.10 Å². The highest BCUT2D eigenvalue weighted by Gasteiger charge is 2.25. The van der Waals surface area contributed by atoms with Gasteiger partial charge in [0.05, 0.1) is 28.6 Å². The smallest absolute Gasteiger partial charge is 0.289 e. The molecule has 1 aromatic heterocycles. The lowest BCUT2D eigenvalue weighted by atomic mass is 10.1. The Morgan fingerprint density at radius 1 is 1.06 bits per heavy atom. The molecule has 5 rings (SSSR count). The molecular weight excluding hydrogens is 480 g/mol. The van der Waals surface area contributed by atoms with Gasteiger partial charge < -0.3 is 10.1 Å². The number of aliphatic imine (C=N–C) groups is 1. The van der Waals surface area contributed by atoms with E-state index in [9.17, 15) is 4.79 Å². The highest BCUT2D eigenvalue weighted by Crippen LogP contribution is 2.33. The Hall–Kier alpha value is -3.81. The van der Waals surface area contributed by atoms with Crippen molar-refractivity contribution in [1.29, 1.82) is 0 Å². The quantitative estimate of drug-likeness (QED) is 0.306. The largest absolute Gasteiger partial charge is 0.494 e. The summed E-state index contributed by atoms with van der Waals surface area (Å²) in [5.74, 6) is 1.27. The van der Waals surface area contributed by atoms with Gasteiger partial charge in [0.25, 0.3) is 5.24 Å². The van der Waals surface area contributed by atoms with Gasteiger partial charge in [-0.1, -0.05) is 41.9 Å². The Kier molecular flexibility index (Phi) is 6.70. The summed E-state index contributed by atoms with van der Waals surface area (Å²) in [6, 6.07) is 24.9. The predicted octanol–water partition coefficient (Wildman–Crippen LogP) is 7.12. The van der Waals surface area contributed by atoms with Crippen LogP contribution in [0.25, 0.3) is 23.0 Å². The van der Waals surface area contributed by atoms with Crippen molar-refractivity contribution in [2.75, 3.05) is 6.61 Å². The molecule has 1 fully saturated rings. The maximum Gasteiger partial charge on any atom is 0.289 e. The van der Waals surface area contributed by atoms with Crippen molar-refractivity contribution in [3.63, 3.8) is 0 Å². The van der Waals surface area contributed by atoms with Gasteiger partial charge in [0, 0.05) is 22.3 Å². The molecule has 0 atom stereocenters. The highest BCUT2D eigenvalue weighted by molar-refractivity contribution is 8.18. The minimum Gasteiger partial charge on any atom is -0.494 e. The van der Waals surface area contributed by atoms with E-state index in [-0.39, 0.29) is 5.24 Å². The summed E-state index contributed by atoms with van der Waals surface area (Å²) in [5, 5.41) is 8.16. The first kappa shape index (κ1) is 23.0. The van der Waals surface area contributed by atoms with Crippen LogP contribution in [-0.4, -0.2) is 27.5 Å². The number of carbonyl (C=O) groups is 1. The van der Waals surface area contributed by atoms with Crippen LogP contribution >= 0.6 is 23.4 Å². The van der Waals surface area contributed by atoms with Crippen molar-refractivity contribution < 1.29 is 9.53 Å². The van der Waals surface area contributed by atoms with Crippen LogP contribution in [0.15, 0.2) is 95.0 Å². The second kappa shape index (κ2) is 10.2. The van der Waals surface area contributed by atoms with Crippen molar-refractivity contribution in [2.45, 2.75) is 6.92 Å². The first-order valence-electron chi connectivity index (χ1n) is 11.0. The molecule has 3 aromatic carbocycles. The fourth-order valence-electron chi connectivity index (χ4n) is 3.60. The van der Waals surface area contributed by atoms with Gasteiger partial charge in [0.1, 0.15) is 11.6 Å². The number of ether oxygens (including phenoxy) is 1. The minimum absolute atomic E-state index is 0.176. The third kappa shape index (κ3) is 5.31. The van der Waals surface area contributed by atoms with Crippen LogP contribution in [0, 0.1) is 0 Å². The lowest BCUT2D eigenvalue weighted by Gasteiger charge is -2.04. The summed E-state index contributed by atoms with van der Waals surface area (Å²) in [5.41, 5.74) is 4.20. The summed E-state index contributed by atoms with van der Waals surface area (Å²) in [6.45, 7) is 2.54. The molecule has 0 aliphatic carbocycles. The summed E-state index contributed by atoms with van der Waals surface area (Å²) in [4.78, 5) is 17.7. The number of nitrogens with one attached hydrogen (secondary N) is 1. The Morgan fingerprint density at radius 2 is 1.80 bits per heavy atom. The zero-order valence-corrected chi connectivity index (χ0v) is 20.4. The first-order valence-corrected chi connectivity index (χ1v) is 12.2. The second-order valence-electron chi connectivity index (χ2n) is 7.63. The number of rotatable bonds is 6. The molecular formula is C27H21ClN4O2S. The van der Waals surface area contributed by atoms with E-state index in [2.05, 4.69) is 10.3 Å². The molecule has 4 aromatic rings. The molecule has 6 nitrogen and oxygen atoms in total. The number of aromatic nitrogens is 2. The van der Waals surface area contributed by atoms with E-state index in [1.165, 1.54) is 0 Å². The number of hydrogen-bond donors (Lipinski definition) is 1. The molecule has 8 heteroatoms. The number of para-hydroxylation sites is 1. The Bertz CT molecular complexity index is 1410. The summed E-state index contributed by atoms with van der Waals surface area (Å²) in [7, 11) is 0. The number of nitrogens with zero attached hydrogens (tertiary/aromatic N) is 3. The summed E-state index contributed by atoms with van der Waals surface area (Å²) in [6.07, 6.45) is 3.89. The minimum atomic E-state index is -0.176. The summed E-state index contributed by atoms with van der Waals surface area (Å²) < 4.78 is 7.33. The Labute approximate surface area is 212 Å². The number of amidine groups is 1. The van der Waals surface area contributed by atoms with Crippen LogP contribution in [0.4, 0.5) is 10.5 Å². The molecule has 1 saturated heterocycles. The van der Waals surface area contributed by atoms with Gasteiger partial charge >= 0.3 is 0 Å². The van der Waals surface area contributed by atoms with Gasteiger partial charge in [-0.05, 0) is 73.3 Å². The first-order chi connectivity index (χ1) is 17.1. The number of amides is 1. The number of halogens is 1.